The molecule has 1 N–H and O–H groups in total. The molecule has 0 aromatic carbocycles. The maximum absolute atomic E-state index is 10.4. The van der Waals surface area contributed by atoms with E-state index in [1.807, 2.05) is 0 Å². The number of aliphatic imine (C=N–C) groups is 2. The van der Waals surface area contributed by atoms with Crippen LogP contribution in [0.2, 0.25) is 0 Å². The number of hydrogen-bond acceptors (Lipinski definition) is 3. The van der Waals surface area contributed by atoms with Crippen molar-refractivity contribution in [1.82, 2.24) is 0 Å². The number of carboxylic acids is 1. The first-order chi connectivity index (χ1) is 5.30. The molecule has 0 aromatic heterocycles. The summed E-state index contributed by atoms with van der Waals surface area (Å²) >= 11 is 0. The van der Waals surface area contributed by atoms with Crippen LogP contribution < -0.4 is 0 Å². The van der Waals surface area contributed by atoms with E-state index in [1.165, 1.54) is 24.8 Å². The number of carboxylic acid groups (broad SMARTS) is 1. The van der Waals surface area contributed by atoms with Crippen LogP contribution in [0.1, 0.15) is 0 Å². The lowest BCUT2D eigenvalue weighted by atomic mass is 10.3. The van der Waals surface area contributed by atoms with Crippen LogP contribution in [-0.4, -0.2) is 23.5 Å². The van der Waals surface area contributed by atoms with E-state index >= 15 is 0 Å². The van der Waals surface area contributed by atoms with E-state index in [9.17, 15) is 4.79 Å². The van der Waals surface area contributed by atoms with Crippen LogP contribution in [0.15, 0.2) is 34.0 Å². The minimum absolute atomic E-state index is 0.0746. The molecule has 1 aliphatic heterocycles. The minimum atomic E-state index is -1.03. The number of nitrogens with zero attached hydrogens (tertiary/aromatic N) is 2. The third-order valence-corrected chi connectivity index (χ3v) is 1.02. The predicted molar refractivity (Wildman–Crippen MR) is 41.8 cm³/mol. The minimum Gasteiger partial charge on any atom is -0.478 e. The number of allylic oxidation sites excluding steroid dienone is 1. The number of hydrogen-bond donors (Lipinski definition) is 1. The summed E-state index contributed by atoms with van der Waals surface area (Å²) < 4.78 is 0. The standard InChI is InChI=1S/C7H6N2O2/c10-7(11)6-4-8-2-1-3-9-5-6/h1-5H,(H,10,11). The first-order valence-electron chi connectivity index (χ1n) is 2.95. The first kappa shape index (κ1) is 7.40. The molecule has 0 aliphatic carbocycles. The fourth-order valence-electron chi connectivity index (χ4n) is 0.528. The Morgan fingerprint density at radius 1 is 1.45 bits per heavy atom. The molecule has 0 atom stereocenters. The third-order valence-electron chi connectivity index (χ3n) is 1.02. The number of aliphatic carboxylic acids is 1. The van der Waals surface area contributed by atoms with Crippen LogP contribution >= 0.6 is 0 Å². The van der Waals surface area contributed by atoms with E-state index < -0.39 is 5.97 Å². The SMILES string of the molecule is O=C(O)C1=CN=CC=CN=C1. The fraction of sp³-hybridized carbons (Fsp3) is 0. The summed E-state index contributed by atoms with van der Waals surface area (Å²) in [5.41, 5.74) is 0.0746. The molecule has 56 valence electrons. The van der Waals surface area contributed by atoms with E-state index in [4.69, 9.17) is 5.11 Å². The highest BCUT2D eigenvalue weighted by atomic mass is 16.4. The molecule has 0 amide bonds. The van der Waals surface area contributed by atoms with Crippen LogP contribution in [0.25, 0.3) is 0 Å². The molecule has 0 bridgehead atoms. The molecule has 4 heteroatoms. The monoisotopic (exact) mass is 150 g/mol. The van der Waals surface area contributed by atoms with Crippen molar-refractivity contribution in [3.63, 3.8) is 0 Å². The summed E-state index contributed by atoms with van der Waals surface area (Å²) in [7, 11) is 0. The van der Waals surface area contributed by atoms with Gasteiger partial charge < -0.3 is 5.11 Å². The molecule has 0 aromatic rings. The first-order valence-corrected chi connectivity index (χ1v) is 2.95. The summed E-state index contributed by atoms with van der Waals surface area (Å²) in [5.74, 6) is -1.03. The van der Waals surface area contributed by atoms with Crippen LogP contribution in [0.5, 0.6) is 0 Å². The largest absolute Gasteiger partial charge is 0.478 e. The van der Waals surface area contributed by atoms with Crippen molar-refractivity contribution in [3.05, 3.63) is 24.0 Å². The maximum atomic E-state index is 10.4. The van der Waals surface area contributed by atoms with Gasteiger partial charge in [-0.25, -0.2) is 4.79 Å². The molecule has 11 heavy (non-hydrogen) atoms. The zero-order chi connectivity index (χ0) is 8.10. The van der Waals surface area contributed by atoms with E-state index in [0.717, 1.165) is 0 Å². The van der Waals surface area contributed by atoms with Gasteiger partial charge in [-0.2, -0.15) is 0 Å². The van der Waals surface area contributed by atoms with E-state index in [1.54, 1.807) is 6.08 Å². The molecule has 4 nitrogen and oxygen atoms in total. The molecule has 0 saturated heterocycles. The Morgan fingerprint density at radius 3 is 3.00 bits per heavy atom. The highest BCUT2D eigenvalue weighted by molar-refractivity contribution is 6.08. The van der Waals surface area contributed by atoms with E-state index in [2.05, 4.69) is 9.98 Å². The number of rotatable bonds is 1. The van der Waals surface area contributed by atoms with Crippen molar-refractivity contribution in [3.8, 4) is 0 Å². The van der Waals surface area contributed by atoms with Gasteiger partial charge >= 0.3 is 5.97 Å². The number of carbonyl (C=O) groups is 1. The Kier molecular flexibility index (Phi) is 2.32. The molecule has 0 spiro atoms. The lowest BCUT2D eigenvalue weighted by molar-refractivity contribution is -0.132. The average Bonchev–Trinajstić information content (AvgIpc) is 1.84. The summed E-state index contributed by atoms with van der Waals surface area (Å²) in [5, 5.41) is 8.50. The summed E-state index contributed by atoms with van der Waals surface area (Å²) in [6.45, 7) is 0. The summed E-state index contributed by atoms with van der Waals surface area (Å²) in [6, 6.07) is 0. The zero-order valence-corrected chi connectivity index (χ0v) is 5.64. The molecular weight excluding hydrogens is 144 g/mol. The molecule has 0 unspecified atom stereocenters. The zero-order valence-electron chi connectivity index (χ0n) is 5.64. The van der Waals surface area contributed by atoms with Gasteiger partial charge in [0.05, 0.1) is 5.57 Å². The van der Waals surface area contributed by atoms with Crippen LogP contribution in [0.4, 0.5) is 0 Å². The quantitative estimate of drug-likeness (QED) is 0.595. The Labute approximate surface area is 63.3 Å². The van der Waals surface area contributed by atoms with Crippen molar-refractivity contribution >= 4 is 18.4 Å². The average molecular weight is 150 g/mol. The Balaban J connectivity index is 2.87. The second-order valence-corrected chi connectivity index (χ2v) is 1.81. The highest BCUT2D eigenvalue weighted by Crippen LogP contribution is 1.93. The fourth-order valence-corrected chi connectivity index (χ4v) is 0.528. The van der Waals surface area contributed by atoms with Gasteiger partial charge in [-0.3, -0.25) is 9.98 Å². The molecule has 1 rings (SSSR count). The van der Waals surface area contributed by atoms with Gasteiger partial charge in [-0.1, -0.05) is 0 Å². The van der Waals surface area contributed by atoms with Crippen LogP contribution in [0, 0.1) is 0 Å². The van der Waals surface area contributed by atoms with Crippen molar-refractivity contribution in [2.24, 2.45) is 9.98 Å². The van der Waals surface area contributed by atoms with E-state index in [-0.39, 0.29) is 5.57 Å². The molecule has 0 saturated carbocycles. The third kappa shape index (κ3) is 2.17. The van der Waals surface area contributed by atoms with Crippen LogP contribution in [-0.2, 0) is 4.79 Å². The second-order valence-electron chi connectivity index (χ2n) is 1.81. The molecule has 0 radical (unpaired) electrons. The normalized spacial score (nSPS) is 15.5. The van der Waals surface area contributed by atoms with Gasteiger partial charge in [0.15, 0.2) is 0 Å². The van der Waals surface area contributed by atoms with Gasteiger partial charge in [-0.05, 0) is 6.08 Å². The molecule has 1 aliphatic rings. The van der Waals surface area contributed by atoms with Gasteiger partial charge in [0, 0.05) is 24.8 Å². The summed E-state index contributed by atoms with van der Waals surface area (Å²) in [6.07, 6.45) is 7.05. The molecule has 0 fully saturated rings. The predicted octanol–water partition coefficient (Wildman–Crippen LogP) is 0.624. The van der Waals surface area contributed by atoms with E-state index in [0.29, 0.717) is 0 Å². The van der Waals surface area contributed by atoms with Gasteiger partial charge in [0.1, 0.15) is 0 Å². The maximum Gasteiger partial charge on any atom is 0.338 e. The lowest BCUT2D eigenvalue weighted by Crippen LogP contribution is -2.01. The molecule has 1 heterocycles. The lowest BCUT2D eigenvalue weighted by Gasteiger charge is -1.90. The van der Waals surface area contributed by atoms with Gasteiger partial charge in [0.2, 0.25) is 0 Å². The van der Waals surface area contributed by atoms with Gasteiger partial charge in [-0.15, -0.1) is 0 Å². The van der Waals surface area contributed by atoms with Crippen molar-refractivity contribution in [1.29, 1.82) is 0 Å². The Morgan fingerprint density at radius 2 is 2.27 bits per heavy atom. The Bertz CT molecular complexity index is 274. The van der Waals surface area contributed by atoms with Crippen molar-refractivity contribution in [2.45, 2.75) is 0 Å². The highest BCUT2D eigenvalue weighted by Gasteiger charge is 2.01. The summed E-state index contributed by atoms with van der Waals surface area (Å²) in [4.78, 5) is 17.7. The van der Waals surface area contributed by atoms with Crippen molar-refractivity contribution < 1.29 is 9.90 Å². The van der Waals surface area contributed by atoms with Crippen molar-refractivity contribution in [2.75, 3.05) is 0 Å². The van der Waals surface area contributed by atoms with Gasteiger partial charge in [0.25, 0.3) is 0 Å². The van der Waals surface area contributed by atoms with Crippen LogP contribution in [0.3, 0.4) is 0 Å². The molecular formula is C7H6N2O2. The second kappa shape index (κ2) is 3.46. The topological polar surface area (TPSA) is 62.0 Å². The smallest absolute Gasteiger partial charge is 0.338 e. The Hall–Kier alpha value is -1.71.